The second kappa shape index (κ2) is 11.9. The Bertz CT molecular complexity index is 1480. The van der Waals surface area contributed by atoms with Crippen molar-refractivity contribution in [3.63, 3.8) is 0 Å². The summed E-state index contributed by atoms with van der Waals surface area (Å²) in [5.74, 6) is 0.428. The molecule has 192 valence electrons. The summed E-state index contributed by atoms with van der Waals surface area (Å²) in [5.41, 5.74) is 2.34. The summed E-state index contributed by atoms with van der Waals surface area (Å²) in [4.78, 5) is 37.4. The number of rotatable bonds is 9. The molecule has 3 aromatic carbocycles. The summed E-state index contributed by atoms with van der Waals surface area (Å²) in [6.45, 7) is 2.36. The number of ether oxygens (including phenoxy) is 2. The molecular formula is C27H20BrN3O6S. The predicted octanol–water partition coefficient (Wildman–Crippen LogP) is 6.44. The van der Waals surface area contributed by atoms with E-state index in [0.29, 0.717) is 39.3 Å². The molecule has 1 aliphatic rings. The van der Waals surface area contributed by atoms with Crippen LogP contribution in [0.15, 0.2) is 70.0 Å². The minimum atomic E-state index is -0.465. The quantitative estimate of drug-likeness (QED) is 0.158. The van der Waals surface area contributed by atoms with Gasteiger partial charge >= 0.3 is 0 Å². The van der Waals surface area contributed by atoms with Crippen molar-refractivity contribution in [2.24, 2.45) is 0 Å². The Morgan fingerprint density at radius 2 is 1.82 bits per heavy atom. The Labute approximate surface area is 230 Å². The summed E-state index contributed by atoms with van der Waals surface area (Å²) in [6, 6.07) is 18.4. The van der Waals surface area contributed by atoms with Gasteiger partial charge in [-0.15, -0.1) is 0 Å². The highest BCUT2D eigenvalue weighted by molar-refractivity contribution is 9.10. The number of amides is 2. The second-order valence-corrected chi connectivity index (χ2v) is 9.85. The topological polar surface area (TPSA) is 123 Å². The third-order valence-corrected chi connectivity index (χ3v) is 7.12. The van der Waals surface area contributed by atoms with E-state index in [2.05, 4.69) is 22.0 Å². The van der Waals surface area contributed by atoms with Gasteiger partial charge in [-0.2, -0.15) is 5.26 Å². The molecule has 3 aromatic rings. The normalized spacial score (nSPS) is 14.0. The Morgan fingerprint density at radius 1 is 1.11 bits per heavy atom. The number of non-ortho nitro benzene ring substituents is 1. The van der Waals surface area contributed by atoms with Crippen molar-refractivity contribution in [1.82, 2.24) is 4.90 Å². The fourth-order valence-electron chi connectivity index (χ4n) is 3.63. The van der Waals surface area contributed by atoms with E-state index in [1.165, 1.54) is 12.1 Å². The van der Waals surface area contributed by atoms with E-state index >= 15 is 0 Å². The number of nitro benzene ring substituents is 1. The van der Waals surface area contributed by atoms with Gasteiger partial charge in [0.2, 0.25) is 0 Å². The minimum absolute atomic E-state index is 0.00506. The number of benzene rings is 3. The number of carbonyl (C=O) groups is 2. The third kappa shape index (κ3) is 6.04. The van der Waals surface area contributed by atoms with Gasteiger partial charge in [-0.3, -0.25) is 24.6 Å². The van der Waals surface area contributed by atoms with Gasteiger partial charge < -0.3 is 9.47 Å². The molecule has 9 nitrogen and oxygen atoms in total. The number of hydrogen-bond donors (Lipinski definition) is 0. The van der Waals surface area contributed by atoms with Crippen molar-refractivity contribution in [3.8, 4) is 17.6 Å². The number of halogens is 1. The number of imide groups is 1. The van der Waals surface area contributed by atoms with E-state index in [4.69, 9.17) is 9.47 Å². The summed E-state index contributed by atoms with van der Waals surface area (Å²) >= 11 is 4.33. The molecule has 0 N–H and O–H groups in total. The van der Waals surface area contributed by atoms with Crippen LogP contribution in [0.25, 0.3) is 6.08 Å². The molecule has 1 fully saturated rings. The Kier molecular flexibility index (Phi) is 8.45. The maximum absolute atomic E-state index is 13.1. The van der Waals surface area contributed by atoms with Crippen LogP contribution in [0.2, 0.25) is 0 Å². The van der Waals surface area contributed by atoms with Crippen molar-refractivity contribution in [3.05, 3.63) is 102 Å². The van der Waals surface area contributed by atoms with Crippen LogP contribution in [0.3, 0.4) is 0 Å². The molecule has 0 spiro atoms. The van der Waals surface area contributed by atoms with Gasteiger partial charge in [-0.05, 0) is 71.8 Å². The molecule has 0 aromatic heterocycles. The largest absolute Gasteiger partial charge is 0.490 e. The third-order valence-electron chi connectivity index (χ3n) is 5.53. The smallest absolute Gasteiger partial charge is 0.293 e. The number of nitrogens with zero attached hydrogens (tertiary/aromatic N) is 3. The Hall–Kier alpha value is -4.14. The summed E-state index contributed by atoms with van der Waals surface area (Å²) in [7, 11) is 0. The molecule has 4 rings (SSSR count). The van der Waals surface area contributed by atoms with Gasteiger partial charge in [0.15, 0.2) is 11.5 Å². The van der Waals surface area contributed by atoms with Crippen molar-refractivity contribution >= 4 is 50.6 Å². The fourth-order valence-corrected chi connectivity index (χ4v) is 4.90. The molecule has 0 unspecified atom stereocenters. The molecule has 11 heteroatoms. The molecule has 1 saturated heterocycles. The number of nitro groups is 1. The molecule has 1 aliphatic heterocycles. The van der Waals surface area contributed by atoms with Crippen molar-refractivity contribution in [2.45, 2.75) is 20.1 Å². The molecule has 0 atom stereocenters. The first-order valence-corrected chi connectivity index (χ1v) is 13.0. The summed E-state index contributed by atoms with van der Waals surface area (Å²) < 4.78 is 12.3. The zero-order valence-corrected chi connectivity index (χ0v) is 22.5. The van der Waals surface area contributed by atoms with Gasteiger partial charge in [-0.25, -0.2) is 0 Å². The first kappa shape index (κ1) is 26.9. The molecular weight excluding hydrogens is 574 g/mol. The lowest BCUT2D eigenvalue weighted by molar-refractivity contribution is -0.384. The van der Waals surface area contributed by atoms with Crippen LogP contribution in [0.1, 0.15) is 29.2 Å². The van der Waals surface area contributed by atoms with Crippen LogP contribution < -0.4 is 9.47 Å². The molecule has 0 bridgehead atoms. The van der Waals surface area contributed by atoms with E-state index in [1.54, 1.807) is 54.6 Å². The molecule has 38 heavy (non-hydrogen) atoms. The summed E-state index contributed by atoms with van der Waals surface area (Å²) in [5, 5.41) is 19.8. The maximum Gasteiger partial charge on any atom is 0.293 e. The number of nitriles is 1. The van der Waals surface area contributed by atoms with E-state index in [0.717, 1.165) is 22.2 Å². The van der Waals surface area contributed by atoms with Crippen LogP contribution in [0.5, 0.6) is 11.5 Å². The van der Waals surface area contributed by atoms with E-state index in [-0.39, 0.29) is 23.7 Å². The van der Waals surface area contributed by atoms with Crippen LogP contribution in [-0.2, 0) is 17.9 Å². The van der Waals surface area contributed by atoms with Gasteiger partial charge in [0.25, 0.3) is 16.8 Å². The first-order chi connectivity index (χ1) is 18.3. The molecule has 1 heterocycles. The minimum Gasteiger partial charge on any atom is -0.490 e. The molecule has 0 saturated carbocycles. The Balaban J connectivity index is 1.54. The maximum atomic E-state index is 13.1. The van der Waals surface area contributed by atoms with Crippen molar-refractivity contribution < 1.29 is 24.0 Å². The SMILES string of the molecule is CCOc1cc(/C=C2/SC(=O)N(Cc3ccccc3C#N)C2=O)c(Br)cc1OCc1ccc([N+](=O)[O-])cc1. The highest BCUT2D eigenvalue weighted by Gasteiger charge is 2.35. The highest BCUT2D eigenvalue weighted by atomic mass is 79.9. The van der Waals surface area contributed by atoms with Crippen LogP contribution in [-0.4, -0.2) is 27.6 Å². The Morgan fingerprint density at radius 3 is 2.50 bits per heavy atom. The summed E-state index contributed by atoms with van der Waals surface area (Å²) in [6.07, 6.45) is 1.60. The van der Waals surface area contributed by atoms with Crippen LogP contribution in [0, 0.1) is 21.4 Å². The lowest BCUT2D eigenvalue weighted by atomic mass is 10.1. The van der Waals surface area contributed by atoms with Gasteiger partial charge in [0.1, 0.15) is 6.61 Å². The number of thioether (sulfide) groups is 1. The lowest BCUT2D eigenvalue weighted by Crippen LogP contribution is -2.27. The number of hydrogen-bond acceptors (Lipinski definition) is 8. The van der Waals surface area contributed by atoms with Crippen LogP contribution >= 0.6 is 27.7 Å². The highest BCUT2D eigenvalue weighted by Crippen LogP contribution is 2.39. The molecule has 0 radical (unpaired) electrons. The zero-order chi connectivity index (χ0) is 27.2. The molecule has 0 aliphatic carbocycles. The lowest BCUT2D eigenvalue weighted by Gasteiger charge is -2.14. The predicted molar refractivity (Wildman–Crippen MR) is 145 cm³/mol. The van der Waals surface area contributed by atoms with Gasteiger partial charge in [0.05, 0.1) is 34.6 Å². The fraction of sp³-hybridized carbons (Fsp3) is 0.148. The van der Waals surface area contributed by atoms with E-state index < -0.39 is 16.1 Å². The monoisotopic (exact) mass is 593 g/mol. The average Bonchev–Trinajstić information content (AvgIpc) is 3.17. The van der Waals surface area contributed by atoms with E-state index in [1.807, 2.05) is 6.92 Å². The average molecular weight is 594 g/mol. The second-order valence-electron chi connectivity index (χ2n) is 8.00. The van der Waals surface area contributed by atoms with Crippen molar-refractivity contribution in [2.75, 3.05) is 6.61 Å². The first-order valence-electron chi connectivity index (χ1n) is 11.4. The standard InChI is InChI=1S/C27H20BrN3O6S/c1-2-36-23-11-20(22(28)13-24(23)37-16-17-7-9-21(10-8-17)31(34)35)12-25-26(32)30(27(33)38-25)15-19-6-4-3-5-18(19)14-29/h3-13H,2,15-16H2,1H3/b25-12+. The molecule has 2 amide bonds. The van der Waals surface area contributed by atoms with Crippen molar-refractivity contribution in [1.29, 1.82) is 5.26 Å². The van der Waals surface area contributed by atoms with Crippen LogP contribution in [0.4, 0.5) is 10.5 Å². The zero-order valence-electron chi connectivity index (χ0n) is 20.0. The number of carbonyl (C=O) groups excluding carboxylic acids is 2. The van der Waals surface area contributed by atoms with Gasteiger partial charge in [-0.1, -0.05) is 34.1 Å². The van der Waals surface area contributed by atoms with Gasteiger partial charge in [0, 0.05) is 16.6 Å². The van der Waals surface area contributed by atoms with E-state index in [9.17, 15) is 25.0 Å².